The van der Waals surface area contributed by atoms with Gasteiger partial charge in [-0.3, -0.25) is 4.79 Å². The number of aryl methyl sites for hydroxylation is 1. The Labute approximate surface area is 141 Å². The summed E-state index contributed by atoms with van der Waals surface area (Å²) in [6, 6.07) is 10.1. The van der Waals surface area contributed by atoms with Crippen LogP contribution < -0.4 is 9.47 Å². The molecule has 1 atom stereocenters. The number of aromatic nitrogens is 2. The summed E-state index contributed by atoms with van der Waals surface area (Å²) in [5.41, 5.74) is 1.18. The molecule has 0 saturated carbocycles. The molecule has 1 aliphatic rings. The zero-order valence-electron chi connectivity index (χ0n) is 13.7. The van der Waals surface area contributed by atoms with Crippen molar-refractivity contribution in [3.8, 4) is 11.8 Å². The topological polar surface area (TPSA) is 64.6 Å². The van der Waals surface area contributed by atoms with E-state index in [2.05, 4.69) is 9.97 Å². The predicted octanol–water partition coefficient (Wildman–Crippen LogP) is 2.10. The largest absolute Gasteiger partial charge is 0.477 e. The minimum atomic E-state index is -0.0729. The maximum Gasteiger partial charge on any atom is 0.278 e. The molecule has 0 N–H and O–H groups in total. The van der Waals surface area contributed by atoms with Gasteiger partial charge in [0.25, 0.3) is 11.8 Å². The lowest BCUT2D eigenvalue weighted by Gasteiger charge is -2.17. The number of carbonyl (C=O) groups excluding carboxylic acids is 1. The second-order valence-corrected chi connectivity index (χ2v) is 5.72. The molecule has 1 fully saturated rings. The maximum absolute atomic E-state index is 12.4. The van der Waals surface area contributed by atoms with E-state index in [-0.39, 0.29) is 12.0 Å². The summed E-state index contributed by atoms with van der Waals surface area (Å²) in [6.45, 7) is 1.29. The second kappa shape index (κ2) is 7.77. The summed E-state index contributed by atoms with van der Waals surface area (Å²) in [4.78, 5) is 22.4. The van der Waals surface area contributed by atoms with Crippen molar-refractivity contribution in [2.45, 2.75) is 25.4 Å². The molecular weight excluding hydrogens is 306 g/mol. The van der Waals surface area contributed by atoms with Crippen molar-refractivity contribution in [2.24, 2.45) is 0 Å². The van der Waals surface area contributed by atoms with Crippen molar-refractivity contribution in [1.82, 2.24) is 14.9 Å². The monoisotopic (exact) mass is 327 g/mol. The van der Waals surface area contributed by atoms with Gasteiger partial charge < -0.3 is 14.4 Å². The first-order valence-electron chi connectivity index (χ1n) is 8.09. The number of hydrogen-bond acceptors (Lipinski definition) is 5. The van der Waals surface area contributed by atoms with Gasteiger partial charge in [0.2, 0.25) is 5.91 Å². The molecule has 6 heteroatoms. The smallest absolute Gasteiger partial charge is 0.278 e. The van der Waals surface area contributed by atoms with Crippen LogP contribution in [0.15, 0.2) is 42.7 Å². The van der Waals surface area contributed by atoms with Gasteiger partial charge in [0.15, 0.2) is 0 Å². The van der Waals surface area contributed by atoms with Gasteiger partial charge in [-0.05, 0) is 12.0 Å². The van der Waals surface area contributed by atoms with E-state index in [9.17, 15) is 4.79 Å². The molecule has 0 aliphatic carbocycles. The Morgan fingerprint density at radius 3 is 2.71 bits per heavy atom. The molecule has 126 valence electrons. The molecule has 2 heterocycles. The molecule has 1 amide bonds. The third-order valence-corrected chi connectivity index (χ3v) is 4.07. The first-order chi connectivity index (χ1) is 11.8. The molecule has 1 aliphatic heterocycles. The van der Waals surface area contributed by atoms with Crippen molar-refractivity contribution < 1.29 is 14.3 Å². The van der Waals surface area contributed by atoms with Gasteiger partial charge in [-0.1, -0.05) is 30.3 Å². The summed E-state index contributed by atoms with van der Waals surface area (Å²) >= 11 is 0. The SMILES string of the molecule is COc1nccnc1O[C@@H]1CCN(C(=O)CCc2ccccc2)C1. The van der Waals surface area contributed by atoms with Gasteiger partial charge in [0.05, 0.1) is 13.7 Å². The lowest BCUT2D eigenvalue weighted by Crippen LogP contribution is -2.31. The molecule has 0 radical (unpaired) electrons. The number of hydrogen-bond donors (Lipinski definition) is 0. The van der Waals surface area contributed by atoms with Crippen LogP contribution in [0.4, 0.5) is 0 Å². The fourth-order valence-electron chi connectivity index (χ4n) is 2.80. The number of amides is 1. The van der Waals surface area contributed by atoms with Crippen LogP contribution in [0.5, 0.6) is 11.8 Å². The molecule has 1 aromatic heterocycles. The number of nitrogens with zero attached hydrogens (tertiary/aromatic N) is 3. The Morgan fingerprint density at radius 2 is 1.96 bits per heavy atom. The van der Waals surface area contributed by atoms with Crippen LogP contribution in [0.25, 0.3) is 0 Å². The van der Waals surface area contributed by atoms with E-state index in [4.69, 9.17) is 9.47 Å². The minimum Gasteiger partial charge on any atom is -0.477 e. The van der Waals surface area contributed by atoms with Crippen LogP contribution in [0.3, 0.4) is 0 Å². The summed E-state index contributed by atoms with van der Waals surface area (Å²) in [5, 5.41) is 0. The highest BCUT2D eigenvalue weighted by Gasteiger charge is 2.28. The number of methoxy groups -OCH3 is 1. The maximum atomic E-state index is 12.4. The molecule has 3 rings (SSSR count). The molecular formula is C18H21N3O3. The van der Waals surface area contributed by atoms with Crippen LogP contribution in [-0.2, 0) is 11.2 Å². The fourth-order valence-corrected chi connectivity index (χ4v) is 2.80. The molecule has 1 aromatic carbocycles. The van der Waals surface area contributed by atoms with Crippen LogP contribution >= 0.6 is 0 Å². The van der Waals surface area contributed by atoms with Gasteiger partial charge in [-0.15, -0.1) is 0 Å². The lowest BCUT2D eigenvalue weighted by atomic mass is 10.1. The Balaban J connectivity index is 1.50. The highest BCUT2D eigenvalue weighted by atomic mass is 16.5. The Kier molecular flexibility index (Phi) is 5.25. The van der Waals surface area contributed by atoms with Crippen LogP contribution in [0, 0.1) is 0 Å². The zero-order chi connectivity index (χ0) is 16.8. The van der Waals surface area contributed by atoms with Crippen LogP contribution in [-0.4, -0.2) is 47.1 Å². The number of carbonyl (C=O) groups is 1. The van der Waals surface area contributed by atoms with E-state index in [1.54, 1.807) is 12.4 Å². The van der Waals surface area contributed by atoms with E-state index in [0.717, 1.165) is 12.8 Å². The van der Waals surface area contributed by atoms with Crippen molar-refractivity contribution >= 4 is 5.91 Å². The number of likely N-dealkylation sites (tertiary alicyclic amines) is 1. The molecule has 0 spiro atoms. The lowest BCUT2D eigenvalue weighted by molar-refractivity contribution is -0.130. The van der Waals surface area contributed by atoms with Crippen molar-refractivity contribution in [2.75, 3.05) is 20.2 Å². The average Bonchev–Trinajstić information content (AvgIpc) is 3.10. The summed E-state index contributed by atoms with van der Waals surface area (Å²) < 4.78 is 11.0. The molecule has 1 saturated heterocycles. The molecule has 0 unspecified atom stereocenters. The van der Waals surface area contributed by atoms with E-state index < -0.39 is 0 Å². The van der Waals surface area contributed by atoms with Gasteiger partial charge in [-0.25, -0.2) is 9.97 Å². The van der Waals surface area contributed by atoms with Crippen LogP contribution in [0.1, 0.15) is 18.4 Å². The zero-order valence-corrected chi connectivity index (χ0v) is 13.7. The van der Waals surface area contributed by atoms with Gasteiger partial charge in [-0.2, -0.15) is 0 Å². The molecule has 24 heavy (non-hydrogen) atoms. The van der Waals surface area contributed by atoms with Crippen molar-refractivity contribution in [1.29, 1.82) is 0 Å². The molecule has 0 bridgehead atoms. The predicted molar refractivity (Wildman–Crippen MR) is 89.0 cm³/mol. The quantitative estimate of drug-likeness (QED) is 0.813. The first-order valence-corrected chi connectivity index (χ1v) is 8.09. The fraction of sp³-hybridized carbons (Fsp3) is 0.389. The molecule has 6 nitrogen and oxygen atoms in total. The number of rotatable bonds is 6. The summed E-state index contributed by atoms with van der Waals surface area (Å²) in [6.07, 6.45) is 5.12. The van der Waals surface area contributed by atoms with Crippen molar-refractivity contribution in [3.05, 3.63) is 48.3 Å². The summed E-state index contributed by atoms with van der Waals surface area (Å²) in [5.74, 6) is 0.908. The third kappa shape index (κ3) is 4.01. The van der Waals surface area contributed by atoms with E-state index in [1.807, 2.05) is 35.2 Å². The van der Waals surface area contributed by atoms with E-state index >= 15 is 0 Å². The minimum absolute atomic E-state index is 0.0729. The third-order valence-electron chi connectivity index (χ3n) is 4.07. The van der Waals surface area contributed by atoms with E-state index in [1.165, 1.54) is 12.7 Å². The summed E-state index contributed by atoms with van der Waals surface area (Å²) in [7, 11) is 1.53. The first kappa shape index (κ1) is 16.2. The Bertz CT molecular complexity index is 678. The highest BCUT2D eigenvalue weighted by molar-refractivity contribution is 5.76. The normalized spacial score (nSPS) is 16.9. The van der Waals surface area contributed by atoms with E-state index in [0.29, 0.717) is 31.3 Å². The number of benzene rings is 1. The Hall–Kier alpha value is -2.63. The Morgan fingerprint density at radius 1 is 1.21 bits per heavy atom. The van der Waals surface area contributed by atoms with Gasteiger partial charge in [0, 0.05) is 31.8 Å². The standard InChI is InChI=1S/C18H21N3O3/c1-23-17-18(20-11-10-19-17)24-15-9-12-21(13-15)16(22)8-7-14-5-3-2-4-6-14/h2-6,10-11,15H,7-9,12-13H2,1H3/t15-/m1/s1. The van der Waals surface area contributed by atoms with Gasteiger partial charge >= 0.3 is 0 Å². The van der Waals surface area contributed by atoms with Gasteiger partial charge in [0.1, 0.15) is 6.10 Å². The highest BCUT2D eigenvalue weighted by Crippen LogP contribution is 2.24. The number of ether oxygens (including phenoxy) is 2. The molecule has 2 aromatic rings. The van der Waals surface area contributed by atoms with Crippen LogP contribution in [0.2, 0.25) is 0 Å². The second-order valence-electron chi connectivity index (χ2n) is 5.72. The average molecular weight is 327 g/mol. The van der Waals surface area contributed by atoms with Crippen molar-refractivity contribution in [3.63, 3.8) is 0 Å².